The summed E-state index contributed by atoms with van der Waals surface area (Å²) < 4.78 is 16.1. The highest BCUT2D eigenvalue weighted by molar-refractivity contribution is 6.03. The van der Waals surface area contributed by atoms with E-state index in [0.29, 0.717) is 17.2 Å². The topological polar surface area (TPSA) is 56.8 Å². The first-order valence-electron chi connectivity index (χ1n) is 8.98. The molecule has 1 amide bonds. The van der Waals surface area contributed by atoms with E-state index < -0.39 is 0 Å². The number of nitrogens with one attached hydrogen (secondary N) is 1. The Morgan fingerprint density at radius 2 is 1.56 bits per heavy atom. The summed E-state index contributed by atoms with van der Waals surface area (Å²) in [5.74, 6) is 1.39. The van der Waals surface area contributed by atoms with Gasteiger partial charge in [0.25, 0.3) is 0 Å². The van der Waals surface area contributed by atoms with E-state index >= 15 is 0 Å². The molecule has 2 rings (SSSR count). The Balaban J connectivity index is 2.28. The second kappa shape index (κ2) is 9.67. The summed E-state index contributed by atoms with van der Waals surface area (Å²) in [6, 6.07) is 9.70. The third-order valence-corrected chi connectivity index (χ3v) is 4.40. The first kappa shape index (κ1) is 20.4. The number of para-hydroxylation sites is 1. The van der Waals surface area contributed by atoms with E-state index in [1.807, 2.05) is 24.3 Å². The molecule has 0 aliphatic heterocycles. The third kappa shape index (κ3) is 4.61. The second-order valence-corrected chi connectivity index (χ2v) is 5.90. The summed E-state index contributed by atoms with van der Waals surface area (Å²) in [7, 11) is 4.67. The van der Waals surface area contributed by atoms with Crippen LogP contribution in [-0.4, -0.2) is 27.2 Å². The van der Waals surface area contributed by atoms with Crippen molar-refractivity contribution >= 4 is 17.7 Å². The second-order valence-electron chi connectivity index (χ2n) is 5.90. The zero-order chi connectivity index (χ0) is 19.8. The smallest absolute Gasteiger partial charge is 0.248 e. The van der Waals surface area contributed by atoms with E-state index in [-0.39, 0.29) is 5.91 Å². The number of ether oxygens (including phenoxy) is 3. The number of benzene rings is 2. The van der Waals surface area contributed by atoms with Crippen LogP contribution in [0, 0.1) is 0 Å². The zero-order valence-corrected chi connectivity index (χ0v) is 16.6. The van der Waals surface area contributed by atoms with Crippen molar-refractivity contribution in [2.24, 2.45) is 0 Å². The van der Waals surface area contributed by atoms with Gasteiger partial charge in [0, 0.05) is 17.3 Å². The Morgan fingerprint density at radius 1 is 0.926 bits per heavy atom. The van der Waals surface area contributed by atoms with Gasteiger partial charge in [-0.1, -0.05) is 32.0 Å². The average molecular weight is 369 g/mol. The molecule has 0 saturated carbocycles. The molecule has 0 saturated heterocycles. The van der Waals surface area contributed by atoms with Gasteiger partial charge >= 0.3 is 0 Å². The van der Waals surface area contributed by atoms with E-state index in [1.165, 1.54) is 6.08 Å². The van der Waals surface area contributed by atoms with Crippen LogP contribution in [0.2, 0.25) is 0 Å². The van der Waals surface area contributed by atoms with E-state index in [4.69, 9.17) is 14.2 Å². The number of rotatable bonds is 8. The molecule has 0 aliphatic carbocycles. The van der Waals surface area contributed by atoms with Gasteiger partial charge in [-0.2, -0.15) is 0 Å². The van der Waals surface area contributed by atoms with Gasteiger partial charge in [-0.25, -0.2) is 0 Å². The summed E-state index contributed by atoms with van der Waals surface area (Å²) in [4.78, 5) is 12.5. The van der Waals surface area contributed by atoms with Crippen LogP contribution in [-0.2, 0) is 17.6 Å². The van der Waals surface area contributed by atoms with E-state index in [9.17, 15) is 4.79 Å². The maximum absolute atomic E-state index is 12.5. The molecule has 0 spiro atoms. The van der Waals surface area contributed by atoms with Gasteiger partial charge in [-0.15, -0.1) is 0 Å². The summed E-state index contributed by atoms with van der Waals surface area (Å²) in [5, 5.41) is 3.02. The first-order valence-corrected chi connectivity index (χ1v) is 8.98. The predicted octanol–water partition coefficient (Wildman–Crippen LogP) is 4.49. The van der Waals surface area contributed by atoms with E-state index in [0.717, 1.165) is 35.2 Å². The highest BCUT2D eigenvalue weighted by atomic mass is 16.5. The Labute approximate surface area is 161 Å². The van der Waals surface area contributed by atoms with Gasteiger partial charge in [0.05, 0.1) is 21.3 Å². The molecule has 0 unspecified atom stereocenters. The van der Waals surface area contributed by atoms with Crippen LogP contribution in [0.5, 0.6) is 17.2 Å². The largest absolute Gasteiger partial charge is 0.493 e. The van der Waals surface area contributed by atoms with Gasteiger partial charge < -0.3 is 19.5 Å². The van der Waals surface area contributed by atoms with Crippen molar-refractivity contribution in [3.05, 3.63) is 53.1 Å². The van der Waals surface area contributed by atoms with Crippen LogP contribution in [0.3, 0.4) is 0 Å². The third-order valence-electron chi connectivity index (χ3n) is 4.40. The van der Waals surface area contributed by atoms with Crippen molar-refractivity contribution in [3.8, 4) is 17.2 Å². The first-order chi connectivity index (χ1) is 13.1. The van der Waals surface area contributed by atoms with Gasteiger partial charge in [0.1, 0.15) is 0 Å². The molecule has 0 heterocycles. The Hall–Kier alpha value is -2.95. The minimum atomic E-state index is -0.192. The number of methoxy groups -OCH3 is 3. The van der Waals surface area contributed by atoms with Crippen molar-refractivity contribution in [2.45, 2.75) is 26.7 Å². The number of hydrogen-bond acceptors (Lipinski definition) is 4. The molecule has 27 heavy (non-hydrogen) atoms. The molecule has 1 N–H and O–H groups in total. The van der Waals surface area contributed by atoms with Crippen LogP contribution in [0.1, 0.15) is 30.5 Å². The molecule has 0 bridgehead atoms. The average Bonchev–Trinajstić information content (AvgIpc) is 2.71. The Kier molecular flexibility index (Phi) is 7.29. The SMILES string of the molecule is CCc1cccc(CC)c1NC(=O)/C=C/c1ccc(OC)c(OC)c1OC. The fraction of sp³-hybridized carbons (Fsp3) is 0.318. The van der Waals surface area contributed by atoms with Gasteiger partial charge in [-0.3, -0.25) is 4.79 Å². The number of aryl methyl sites for hydroxylation is 2. The predicted molar refractivity (Wildman–Crippen MR) is 109 cm³/mol. The lowest BCUT2D eigenvalue weighted by Crippen LogP contribution is -2.11. The summed E-state index contributed by atoms with van der Waals surface area (Å²) in [6.45, 7) is 4.16. The molecule has 0 fully saturated rings. The highest BCUT2D eigenvalue weighted by Gasteiger charge is 2.14. The van der Waals surface area contributed by atoms with Crippen LogP contribution in [0.25, 0.3) is 6.08 Å². The molecule has 2 aromatic rings. The number of amides is 1. The minimum absolute atomic E-state index is 0.192. The lowest BCUT2D eigenvalue weighted by Gasteiger charge is -2.14. The molecule has 0 aliphatic rings. The molecular formula is C22H27NO4. The molecule has 2 aromatic carbocycles. The van der Waals surface area contributed by atoms with Crippen LogP contribution in [0.15, 0.2) is 36.4 Å². The minimum Gasteiger partial charge on any atom is -0.493 e. The van der Waals surface area contributed by atoms with Gasteiger partial charge in [-0.05, 0) is 42.2 Å². The maximum atomic E-state index is 12.5. The van der Waals surface area contributed by atoms with E-state index in [2.05, 4.69) is 19.2 Å². The molecule has 5 heteroatoms. The number of anilines is 1. The van der Waals surface area contributed by atoms with Gasteiger partial charge in [0.15, 0.2) is 11.5 Å². The number of hydrogen-bond donors (Lipinski definition) is 1. The van der Waals surface area contributed by atoms with Crippen LogP contribution in [0.4, 0.5) is 5.69 Å². The summed E-state index contributed by atoms with van der Waals surface area (Å²) in [6.07, 6.45) is 4.92. The van der Waals surface area contributed by atoms with Crippen molar-refractivity contribution < 1.29 is 19.0 Å². The summed E-state index contributed by atoms with van der Waals surface area (Å²) >= 11 is 0. The monoisotopic (exact) mass is 369 g/mol. The molecule has 0 aromatic heterocycles. The fourth-order valence-corrected chi connectivity index (χ4v) is 2.99. The molecule has 0 atom stereocenters. The van der Waals surface area contributed by atoms with Gasteiger partial charge in [0.2, 0.25) is 11.7 Å². The normalized spacial score (nSPS) is 10.7. The van der Waals surface area contributed by atoms with Crippen molar-refractivity contribution in [2.75, 3.05) is 26.6 Å². The molecule has 144 valence electrons. The number of carbonyl (C=O) groups is 1. The lowest BCUT2D eigenvalue weighted by atomic mass is 10.0. The maximum Gasteiger partial charge on any atom is 0.248 e. The molecule has 5 nitrogen and oxygen atoms in total. The van der Waals surface area contributed by atoms with Crippen LogP contribution < -0.4 is 19.5 Å². The zero-order valence-electron chi connectivity index (χ0n) is 16.6. The van der Waals surface area contributed by atoms with E-state index in [1.54, 1.807) is 33.5 Å². The fourth-order valence-electron chi connectivity index (χ4n) is 2.99. The molecular weight excluding hydrogens is 342 g/mol. The summed E-state index contributed by atoms with van der Waals surface area (Å²) in [5.41, 5.74) is 3.88. The molecule has 0 radical (unpaired) electrons. The van der Waals surface area contributed by atoms with Crippen molar-refractivity contribution in [3.63, 3.8) is 0 Å². The van der Waals surface area contributed by atoms with Crippen molar-refractivity contribution in [1.82, 2.24) is 0 Å². The highest BCUT2D eigenvalue weighted by Crippen LogP contribution is 2.40. The van der Waals surface area contributed by atoms with Crippen LogP contribution >= 0.6 is 0 Å². The number of carbonyl (C=O) groups excluding carboxylic acids is 1. The lowest BCUT2D eigenvalue weighted by molar-refractivity contribution is -0.111. The Bertz CT molecular complexity index is 805. The Morgan fingerprint density at radius 3 is 2.07 bits per heavy atom. The van der Waals surface area contributed by atoms with Crippen molar-refractivity contribution in [1.29, 1.82) is 0 Å². The quantitative estimate of drug-likeness (QED) is 0.697. The standard InChI is InChI=1S/C22H27NO4/c1-6-15-9-8-10-16(7-2)20(15)23-19(24)14-12-17-11-13-18(25-3)22(27-5)21(17)26-4/h8-14H,6-7H2,1-5H3,(H,23,24)/b14-12+.